The van der Waals surface area contributed by atoms with E-state index in [4.69, 9.17) is 4.74 Å². The van der Waals surface area contributed by atoms with E-state index in [1.807, 2.05) is 0 Å². The number of benzene rings is 2. The minimum Gasteiger partial charge on any atom is -0.450 e. The first kappa shape index (κ1) is 24.1. The second kappa shape index (κ2) is 10.4. The van der Waals surface area contributed by atoms with E-state index < -0.39 is 23.7 Å². The Hall–Kier alpha value is -3.56. The molecule has 1 saturated heterocycles. The number of nitrogens with zero attached hydrogens (tertiary/aromatic N) is 1. The minimum absolute atomic E-state index is 0.0117. The Morgan fingerprint density at radius 1 is 1.00 bits per heavy atom. The highest BCUT2D eigenvalue weighted by atomic mass is 19.4. The number of rotatable bonds is 5. The molecule has 0 bridgehead atoms. The van der Waals surface area contributed by atoms with Gasteiger partial charge in [0.05, 0.1) is 12.2 Å². The molecule has 3 amide bonds. The van der Waals surface area contributed by atoms with Crippen molar-refractivity contribution < 1.29 is 32.3 Å². The van der Waals surface area contributed by atoms with Crippen LogP contribution in [0.3, 0.4) is 0 Å². The Bertz CT molecular complexity index is 1020. The number of carbonyl (C=O) groups is 3. The number of ether oxygens (including phenoxy) is 1. The lowest BCUT2D eigenvalue weighted by atomic mass is 9.96. The number of carbonyl (C=O) groups excluding carboxylic acids is 3. The Morgan fingerprint density at radius 3 is 2.27 bits per heavy atom. The van der Waals surface area contributed by atoms with Crippen molar-refractivity contribution in [2.24, 2.45) is 5.92 Å². The van der Waals surface area contributed by atoms with Crippen LogP contribution in [0.2, 0.25) is 0 Å². The van der Waals surface area contributed by atoms with Crippen molar-refractivity contribution >= 4 is 29.3 Å². The standard InChI is InChI=1S/C23H24F3N3O4/c1-2-33-22(32)29-11-9-15(10-12-29)20(30)27-18-7-3-5-16(13-18)21(31)28-19-8-4-6-17(14-19)23(24,25)26/h3-8,13-15H,2,9-12H2,1H3,(H,27,30)(H,28,31). The second-order valence-corrected chi connectivity index (χ2v) is 7.56. The van der Waals surface area contributed by atoms with Crippen LogP contribution in [-0.4, -0.2) is 42.5 Å². The van der Waals surface area contributed by atoms with E-state index in [2.05, 4.69) is 10.6 Å². The lowest BCUT2D eigenvalue weighted by Gasteiger charge is -2.30. The first-order valence-corrected chi connectivity index (χ1v) is 10.5. The van der Waals surface area contributed by atoms with Crippen LogP contribution in [0.1, 0.15) is 35.7 Å². The maximum Gasteiger partial charge on any atom is 0.416 e. The molecule has 176 valence electrons. The van der Waals surface area contributed by atoms with Gasteiger partial charge in [0.15, 0.2) is 0 Å². The third-order valence-electron chi connectivity index (χ3n) is 5.23. The molecule has 2 aromatic carbocycles. The summed E-state index contributed by atoms with van der Waals surface area (Å²) in [6.07, 6.45) is -3.94. The highest BCUT2D eigenvalue weighted by Crippen LogP contribution is 2.30. The molecule has 1 aliphatic heterocycles. The predicted molar refractivity (Wildman–Crippen MR) is 116 cm³/mol. The summed E-state index contributed by atoms with van der Waals surface area (Å²) in [4.78, 5) is 38.5. The van der Waals surface area contributed by atoms with E-state index in [-0.39, 0.29) is 29.7 Å². The predicted octanol–water partition coefficient (Wildman–Crippen LogP) is 4.76. The zero-order chi connectivity index (χ0) is 24.0. The van der Waals surface area contributed by atoms with Gasteiger partial charge in [-0.1, -0.05) is 12.1 Å². The van der Waals surface area contributed by atoms with Crippen LogP contribution in [0.4, 0.5) is 29.3 Å². The summed E-state index contributed by atoms with van der Waals surface area (Å²) in [5.74, 6) is -1.12. The molecule has 0 aromatic heterocycles. The maximum atomic E-state index is 12.9. The Kier molecular flexibility index (Phi) is 7.57. The molecular weight excluding hydrogens is 439 g/mol. The summed E-state index contributed by atoms with van der Waals surface area (Å²) < 4.78 is 43.6. The summed E-state index contributed by atoms with van der Waals surface area (Å²) in [5.41, 5.74) is -0.278. The van der Waals surface area contributed by atoms with Gasteiger partial charge >= 0.3 is 12.3 Å². The molecule has 33 heavy (non-hydrogen) atoms. The number of piperidine rings is 1. The SMILES string of the molecule is CCOC(=O)N1CCC(C(=O)Nc2cccc(C(=O)Nc3cccc(C(F)(F)F)c3)c2)CC1. The fraction of sp³-hybridized carbons (Fsp3) is 0.348. The summed E-state index contributed by atoms with van der Waals surface area (Å²) in [6.45, 7) is 2.84. The molecule has 0 unspecified atom stereocenters. The molecule has 10 heteroatoms. The number of alkyl halides is 3. The normalized spacial score (nSPS) is 14.5. The first-order valence-electron chi connectivity index (χ1n) is 10.5. The molecule has 2 N–H and O–H groups in total. The molecule has 2 aromatic rings. The monoisotopic (exact) mass is 463 g/mol. The molecular formula is C23H24F3N3O4. The van der Waals surface area contributed by atoms with Gasteiger partial charge in [-0.3, -0.25) is 9.59 Å². The van der Waals surface area contributed by atoms with Gasteiger partial charge in [-0.05, 0) is 56.2 Å². The molecule has 0 aliphatic carbocycles. The number of nitrogens with one attached hydrogen (secondary N) is 2. The fourth-order valence-corrected chi connectivity index (χ4v) is 3.50. The van der Waals surface area contributed by atoms with Crippen LogP contribution in [0.25, 0.3) is 0 Å². The van der Waals surface area contributed by atoms with Crippen molar-refractivity contribution in [1.29, 1.82) is 0 Å². The lowest BCUT2D eigenvalue weighted by molar-refractivity contribution is -0.137. The van der Waals surface area contributed by atoms with Crippen LogP contribution in [0.15, 0.2) is 48.5 Å². The quantitative estimate of drug-likeness (QED) is 0.669. The zero-order valence-electron chi connectivity index (χ0n) is 17.9. The van der Waals surface area contributed by atoms with Crippen molar-refractivity contribution in [3.8, 4) is 0 Å². The fourth-order valence-electron chi connectivity index (χ4n) is 3.50. The Morgan fingerprint density at radius 2 is 1.64 bits per heavy atom. The smallest absolute Gasteiger partial charge is 0.416 e. The van der Waals surface area contributed by atoms with Gasteiger partial charge in [0, 0.05) is 35.9 Å². The third kappa shape index (κ3) is 6.47. The van der Waals surface area contributed by atoms with Gasteiger partial charge < -0.3 is 20.3 Å². The molecule has 0 radical (unpaired) electrons. The van der Waals surface area contributed by atoms with E-state index >= 15 is 0 Å². The number of halogens is 3. The number of hydrogen-bond donors (Lipinski definition) is 2. The topological polar surface area (TPSA) is 87.7 Å². The van der Waals surface area contributed by atoms with Crippen molar-refractivity contribution in [2.45, 2.75) is 25.9 Å². The average molecular weight is 463 g/mol. The van der Waals surface area contributed by atoms with Crippen LogP contribution < -0.4 is 10.6 Å². The van der Waals surface area contributed by atoms with Crippen molar-refractivity contribution in [3.05, 3.63) is 59.7 Å². The molecule has 1 heterocycles. The summed E-state index contributed by atoms with van der Waals surface area (Å²) in [7, 11) is 0. The highest BCUT2D eigenvalue weighted by Gasteiger charge is 2.31. The largest absolute Gasteiger partial charge is 0.450 e. The van der Waals surface area contributed by atoms with Gasteiger partial charge in [-0.25, -0.2) is 4.79 Å². The summed E-state index contributed by atoms with van der Waals surface area (Å²) >= 11 is 0. The third-order valence-corrected chi connectivity index (χ3v) is 5.23. The number of anilines is 2. The van der Waals surface area contributed by atoms with Crippen LogP contribution in [-0.2, 0) is 15.7 Å². The Balaban J connectivity index is 1.59. The van der Waals surface area contributed by atoms with Crippen molar-refractivity contribution in [3.63, 3.8) is 0 Å². The zero-order valence-corrected chi connectivity index (χ0v) is 17.9. The van der Waals surface area contributed by atoms with Crippen molar-refractivity contribution in [2.75, 3.05) is 30.3 Å². The van der Waals surface area contributed by atoms with E-state index in [1.165, 1.54) is 24.3 Å². The average Bonchev–Trinajstić information content (AvgIpc) is 2.79. The molecule has 1 aliphatic rings. The van der Waals surface area contributed by atoms with Gasteiger partial charge in [-0.2, -0.15) is 13.2 Å². The van der Waals surface area contributed by atoms with E-state index in [0.29, 0.717) is 31.6 Å². The van der Waals surface area contributed by atoms with Gasteiger partial charge in [-0.15, -0.1) is 0 Å². The highest BCUT2D eigenvalue weighted by molar-refractivity contribution is 6.05. The minimum atomic E-state index is -4.52. The number of amides is 3. The van der Waals surface area contributed by atoms with Crippen LogP contribution in [0.5, 0.6) is 0 Å². The second-order valence-electron chi connectivity index (χ2n) is 7.56. The van der Waals surface area contributed by atoms with Gasteiger partial charge in [0.1, 0.15) is 0 Å². The lowest BCUT2D eigenvalue weighted by Crippen LogP contribution is -2.41. The molecule has 3 rings (SSSR count). The molecule has 7 nitrogen and oxygen atoms in total. The van der Waals surface area contributed by atoms with Gasteiger partial charge in [0.25, 0.3) is 5.91 Å². The van der Waals surface area contributed by atoms with Crippen LogP contribution >= 0.6 is 0 Å². The Labute approximate surface area is 188 Å². The number of likely N-dealkylation sites (tertiary alicyclic amines) is 1. The van der Waals surface area contributed by atoms with Crippen LogP contribution in [0, 0.1) is 5.92 Å². The molecule has 0 atom stereocenters. The molecule has 0 spiro atoms. The molecule has 1 fully saturated rings. The first-order chi connectivity index (χ1) is 15.7. The van der Waals surface area contributed by atoms with Crippen molar-refractivity contribution in [1.82, 2.24) is 4.90 Å². The van der Waals surface area contributed by atoms with E-state index in [0.717, 1.165) is 12.1 Å². The number of hydrogen-bond acceptors (Lipinski definition) is 4. The summed E-state index contributed by atoms with van der Waals surface area (Å²) in [5, 5.41) is 5.21. The maximum absolute atomic E-state index is 12.9. The van der Waals surface area contributed by atoms with E-state index in [9.17, 15) is 27.6 Å². The van der Waals surface area contributed by atoms with E-state index in [1.54, 1.807) is 24.0 Å². The molecule has 0 saturated carbocycles. The van der Waals surface area contributed by atoms with Gasteiger partial charge in [0.2, 0.25) is 5.91 Å². The summed E-state index contributed by atoms with van der Waals surface area (Å²) in [6, 6.07) is 10.5.